The number of carbonyl (C=O) groups is 1. The van der Waals surface area contributed by atoms with Crippen LogP contribution in [0.3, 0.4) is 0 Å². The Morgan fingerprint density at radius 3 is 1.93 bits per heavy atom. The Labute approximate surface area is 252 Å². The van der Waals surface area contributed by atoms with Gasteiger partial charge in [-0.3, -0.25) is 9.36 Å². The summed E-state index contributed by atoms with van der Waals surface area (Å²) in [5, 5.41) is 0. The van der Waals surface area contributed by atoms with Gasteiger partial charge in [-0.25, -0.2) is 0 Å². The minimum Gasteiger partial charge on any atom is -0.414 e. The Bertz CT molecular complexity index is 907. The zero-order valence-corrected chi connectivity index (χ0v) is 30.3. The van der Waals surface area contributed by atoms with Crippen LogP contribution in [-0.4, -0.2) is 74.8 Å². The number of ketones is 1. The van der Waals surface area contributed by atoms with E-state index < -0.39 is 36.3 Å². The first-order valence-corrected chi connectivity index (χ1v) is 22.6. The molecule has 238 valence electrons. The maximum atomic E-state index is 13.5. The largest absolute Gasteiger partial charge is 0.414 e. The summed E-state index contributed by atoms with van der Waals surface area (Å²) >= 11 is 0. The van der Waals surface area contributed by atoms with Crippen molar-refractivity contribution in [2.75, 3.05) is 34.1 Å². The molecule has 0 bridgehead atoms. The second-order valence-electron chi connectivity index (χ2n) is 12.0. The molecule has 5 atom stereocenters. The monoisotopic (exact) mass is 632 g/mol. The van der Waals surface area contributed by atoms with Gasteiger partial charge in [-0.1, -0.05) is 65.0 Å². The molecule has 1 aromatic rings. The van der Waals surface area contributed by atoms with Crippen molar-refractivity contribution in [3.05, 3.63) is 35.9 Å². The third-order valence-corrected chi connectivity index (χ3v) is 15.5. The van der Waals surface area contributed by atoms with Crippen LogP contribution in [0.2, 0.25) is 37.8 Å². The predicted octanol–water partition coefficient (Wildman–Crippen LogP) is 7.55. The molecule has 41 heavy (non-hydrogen) atoms. The normalized spacial score (nSPS) is 16.7. The number of ether oxygens (including phenoxy) is 2. The summed E-state index contributed by atoms with van der Waals surface area (Å²) < 4.78 is 48.9. The number of methoxy groups -OCH3 is 1. The zero-order valence-electron chi connectivity index (χ0n) is 27.4. The predicted molar refractivity (Wildman–Crippen MR) is 172 cm³/mol. The highest BCUT2D eigenvalue weighted by Crippen LogP contribution is 2.47. The van der Waals surface area contributed by atoms with Crippen LogP contribution < -0.4 is 0 Å². The summed E-state index contributed by atoms with van der Waals surface area (Å²) in [7, 11) is -3.35. The van der Waals surface area contributed by atoms with E-state index in [1.54, 1.807) is 7.11 Å². The van der Waals surface area contributed by atoms with Crippen LogP contribution in [0.25, 0.3) is 0 Å². The highest BCUT2D eigenvalue weighted by Gasteiger charge is 2.43. The van der Waals surface area contributed by atoms with Crippen LogP contribution in [0.15, 0.2) is 30.3 Å². The molecule has 1 rings (SSSR count). The lowest BCUT2D eigenvalue weighted by Gasteiger charge is -2.42. The van der Waals surface area contributed by atoms with Crippen LogP contribution in [0, 0.1) is 11.8 Å². The van der Waals surface area contributed by atoms with E-state index in [0.717, 1.165) is 23.7 Å². The number of carbonyl (C=O) groups excluding carboxylic acids is 1. The summed E-state index contributed by atoms with van der Waals surface area (Å²) in [6, 6.07) is 13.1. The van der Waals surface area contributed by atoms with Crippen molar-refractivity contribution in [2.24, 2.45) is 11.8 Å². The van der Waals surface area contributed by atoms with Gasteiger partial charge in [0, 0.05) is 39.6 Å². The summed E-state index contributed by atoms with van der Waals surface area (Å²) in [6.45, 7) is 17.9. The smallest absolute Gasteiger partial charge is 0.337 e. The second kappa shape index (κ2) is 18.2. The van der Waals surface area contributed by atoms with E-state index in [9.17, 15) is 9.36 Å². The highest BCUT2D eigenvalue weighted by atomic mass is 31.2. The fraction of sp³-hybridized carbons (Fsp3) is 0.767. The molecule has 0 aliphatic rings. The molecule has 0 radical (unpaired) electrons. The molecule has 0 amide bonds. The summed E-state index contributed by atoms with van der Waals surface area (Å²) in [4.78, 5) is 13.5. The maximum absolute atomic E-state index is 13.5. The first-order chi connectivity index (χ1) is 19.2. The van der Waals surface area contributed by atoms with Crippen molar-refractivity contribution in [3.63, 3.8) is 0 Å². The summed E-state index contributed by atoms with van der Waals surface area (Å²) in [6.07, 6.45) is -0.542. The molecule has 0 N–H and O–H groups in total. The van der Waals surface area contributed by atoms with Gasteiger partial charge in [0.2, 0.25) is 0 Å². The van der Waals surface area contributed by atoms with E-state index in [4.69, 9.17) is 27.4 Å². The minimum atomic E-state index is -3.51. The van der Waals surface area contributed by atoms with Crippen molar-refractivity contribution in [3.8, 4) is 0 Å². The molecule has 0 fully saturated rings. The lowest BCUT2D eigenvalue weighted by atomic mass is 9.85. The molecule has 0 spiro atoms. The minimum absolute atomic E-state index is 0.138. The SMILES string of the molecule is CC[Si](CC)(CC)O[C@H](C[C@H](COC)OCc1ccccc1)[C@H](C)[C@H](O[Si](C)(C)C)[C@@H](C)C(=O)CP(=O)(OC)OC. The Hall–Kier alpha value is -0.686. The van der Waals surface area contributed by atoms with Crippen LogP contribution in [0.1, 0.15) is 46.6 Å². The third-order valence-electron chi connectivity index (χ3n) is 8.01. The first kappa shape index (κ1) is 38.3. The van der Waals surface area contributed by atoms with Gasteiger partial charge >= 0.3 is 7.60 Å². The average molecular weight is 633 g/mol. The molecule has 0 heterocycles. The zero-order chi connectivity index (χ0) is 31.3. The van der Waals surface area contributed by atoms with Gasteiger partial charge in [0.25, 0.3) is 0 Å². The molecule has 0 aliphatic heterocycles. The quantitative estimate of drug-likeness (QED) is 0.0957. The molecule has 0 saturated heterocycles. The van der Waals surface area contributed by atoms with E-state index in [1.807, 2.05) is 37.3 Å². The van der Waals surface area contributed by atoms with Crippen molar-refractivity contribution in [1.82, 2.24) is 0 Å². The molecular formula is C30H57O8PSi2. The fourth-order valence-corrected chi connectivity index (χ4v) is 10.4. The molecule has 11 heteroatoms. The van der Waals surface area contributed by atoms with Gasteiger partial charge in [0.1, 0.15) is 11.9 Å². The van der Waals surface area contributed by atoms with Crippen molar-refractivity contribution >= 4 is 30.0 Å². The number of rotatable bonds is 22. The van der Waals surface area contributed by atoms with Gasteiger partial charge in [-0.15, -0.1) is 0 Å². The number of Topliss-reactive ketones (excluding diaryl/α,β-unsaturated/α-hetero) is 1. The fourth-order valence-electron chi connectivity index (χ4n) is 5.11. The van der Waals surface area contributed by atoms with Crippen LogP contribution in [0.4, 0.5) is 0 Å². The van der Waals surface area contributed by atoms with Crippen LogP contribution >= 0.6 is 7.60 Å². The van der Waals surface area contributed by atoms with Crippen LogP contribution in [0.5, 0.6) is 0 Å². The topological polar surface area (TPSA) is 89.5 Å². The maximum Gasteiger partial charge on any atom is 0.337 e. The Kier molecular flexibility index (Phi) is 17.0. The Morgan fingerprint density at radius 2 is 1.46 bits per heavy atom. The van der Waals surface area contributed by atoms with E-state index in [-0.39, 0.29) is 30.1 Å². The molecule has 0 unspecified atom stereocenters. The number of hydrogen-bond acceptors (Lipinski definition) is 8. The molecule has 1 aromatic carbocycles. The van der Waals surface area contributed by atoms with E-state index in [2.05, 4.69) is 47.3 Å². The van der Waals surface area contributed by atoms with E-state index in [0.29, 0.717) is 19.6 Å². The van der Waals surface area contributed by atoms with Gasteiger partial charge in [-0.05, 0) is 43.3 Å². The van der Waals surface area contributed by atoms with Crippen LogP contribution in [-0.2, 0) is 43.3 Å². The van der Waals surface area contributed by atoms with Gasteiger partial charge in [0.15, 0.2) is 16.6 Å². The standard InChI is InChI=1S/C30H57O8PSi2/c1-12-41(13-2,14-3)37-29(20-27(22-33-6)36-21-26-18-16-15-17-19-26)25(5)30(38-40(9,10)11)24(4)28(31)23-39(32,34-7)35-8/h15-19,24-25,27,29-30H,12-14,20-23H2,1-11H3/t24-,25-,27+,29+,30+/m0/s1. The Morgan fingerprint density at radius 1 is 0.902 bits per heavy atom. The number of hydrogen-bond donors (Lipinski definition) is 0. The highest BCUT2D eigenvalue weighted by molar-refractivity contribution is 7.54. The lowest BCUT2D eigenvalue weighted by Crippen LogP contribution is -2.50. The summed E-state index contributed by atoms with van der Waals surface area (Å²) in [5.41, 5.74) is 1.10. The van der Waals surface area contributed by atoms with E-state index in [1.165, 1.54) is 14.2 Å². The van der Waals surface area contributed by atoms with Gasteiger partial charge in [-0.2, -0.15) is 0 Å². The molecule has 0 aromatic heterocycles. The molecule has 8 nitrogen and oxygen atoms in total. The Balaban J connectivity index is 3.43. The lowest BCUT2D eigenvalue weighted by molar-refractivity contribution is -0.125. The average Bonchev–Trinajstić information content (AvgIpc) is 2.96. The van der Waals surface area contributed by atoms with Crippen molar-refractivity contribution in [1.29, 1.82) is 0 Å². The van der Waals surface area contributed by atoms with Gasteiger partial charge in [0.05, 0.1) is 31.5 Å². The number of benzene rings is 1. The molecule has 0 saturated carbocycles. The first-order valence-electron chi connectivity index (χ1n) is 15.0. The van der Waals surface area contributed by atoms with E-state index >= 15 is 0 Å². The van der Waals surface area contributed by atoms with Crippen molar-refractivity contribution in [2.45, 2.75) is 104 Å². The van der Waals surface area contributed by atoms with Crippen molar-refractivity contribution < 1.29 is 36.7 Å². The molecular weight excluding hydrogens is 575 g/mol. The second-order valence-corrected chi connectivity index (χ2v) is 23.4. The third kappa shape index (κ3) is 12.8. The summed E-state index contributed by atoms with van der Waals surface area (Å²) in [5.74, 6) is -0.875. The van der Waals surface area contributed by atoms with Gasteiger partial charge < -0.3 is 27.4 Å². The molecule has 0 aliphatic carbocycles.